The van der Waals surface area contributed by atoms with Gasteiger partial charge < -0.3 is 23.7 Å². The molecule has 1 atom stereocenters. The van der Waals surface area contributed by atoms with Gasteiger partial charge in [0, 0.05) is 11.8 Å². The fourth-order valence-corrected chi connectivity index (χ4v) is 5.19. The summed E-state index contributed by atoms with van der Waals surface area (Å²) in [7, 11) is 2.85. The predicted molar refractivity (Wildman–Crippen MR) is 149 cm³/mol. The molecule has 1 aliphatic rings. The summed E-state index contributed by atoms with van der Waals surface area (Å²) in [5, 5.41) is 0. The third-order valence-electron chi connectivity index (χ3n) is 5.87. The van der Waals surface area contributed by atoms with Crippen molar-refractivity contribution in [2.24, 2.45) is 4.99 Å². The fraction of sp³-hybridized carbons (Fsp3) is 0.276. The van der Waals surface area contributed by atoms with E-state index in [1.165, 1.54) is 29.2 Å². The van der Waals surface area contributed by atoms with Gasteiger partial charge in [-0.3, -0.25) is 9.36 Å². The largest absolute Gasteiger partial charge is 0.493 e. The van der Waals surface area contributed by atoms with Crippen LogP contribution in [0.1, 0.15) is 31.0 Å². The van der Waals surface area contributed by atoms with Crippen molar-refractivity contribution in [3.8, 4) is 23.0 Å². The molecular formula is C29H30N2O7S. The number of carbonyl (C=O) groups excluding carboxylic acids is 1. The maximum absolute atomic E-state index is 13.9. The van der Waals surface area contributed by atoms with Crippen molar-refractivity contribution in [2.75, 3.05) is 34.0 Å². The summed E-state index contributed by atoms with van der Waals surface area (Å²) in [6, 6.07) is 10.00. The number of benzene rings is 2. The Labute approximate surface area is 229 Å². The molecule has 0 fully saturated rings. The quantitative estimate of drug-likeness (QED) is 0.267. The lowest BCUT2D eigenvalue weighted by atomic mass is 9.97. The molecule has 2 aromatic carbocycles. The number of rotatable bonds is 11. The summed E-state index contributed by atoms with van der Waals surface area (Å²) in [6.07, 6.45) is 4.81. The van der Waals surface area contributed by atoms with Crippen molar-refractivity contribution < 1.29 is 28.5 Å². The second kappa shape index (κ2) is 12.5. The molecule has 0 radical (unpaired) electrons. The van der Waals surface area contributed by atoms with Gasteiger partial charge in [-0.25, -0.2) is 9.79 Å². The van der Waals surface area contributed by atoms with E-state index in [1.54, 1.807) is 43.5 Å². The van der Waals surface area contributed by atoms with E-state index in [4.69, 9.17) is 23.7 Å². The first-order valence-electron chi connectivity index (χ1n) is 12.4. The van der Waals surface area contributed by atoms with Gasteiger partial charge in [-0.1, -0.05) is 42.2 Å². The van der Waals surface area contributed by atoms with Crippen molar-refractivity contribution in [1.29, 1.82) is 0 Å². The highest BCUT2D eigenvalue weighted by molar-refractivity contribution is 7.07. The number of fused-ring (bicyclic) bond motifs is 1. The lowest BCUT2D eigenvalue weighted by molar-refractivity contribution is -0.136. The van der Waals surface area contributed by atoms with Crippen molar-refractivity contribution >= 4 is 23.4 Å². The maximum Gasteiger partial charge on any atom is 0.337 e. The Morgan fingerprint density at radius 3 is 2.54 bits per heavy atom. The molecule has 10 heteroatoms. The van der Waals surface area contributed by atoms with Crippen LogP contribution in [0.5, 0.6) is 23.0 Å². The van der Waals surface area contributed by atoms with Crippen LogP contribution in [0.25, 0.3) is 6.08 Å². The lowest BCUT2D eigenvalue weighted by Gasteiger charge is -2.23. The molecule has 0 spiro atoms. The highest BCUT2D eigenvalue weighted by atomic mass is 32.1. The zero-order valence-corrected chi connectivity index (χ0v) is 23.1. The summed E-state index contributed by atoms with van der Waals surface area (Å²) >= 11 is 1.21. The molecule has 4 rings (SSSR count). The Hall–Kier alpha value is -4.31. The van der Waals surface area contributed by atoms with Crippen LogP contribution in [0, 0.1) is 0 Å². The molecule has 0 saturated carbocycles. The minimum atomic E-state index is -0.785. The van der Waals surface area contributed by atoms with Gasteiger partial charge in [-0.05, 0) is 43.7 Å². The monoisotopic (exact) mass is 550 g/mol. The van der Waals surface area contributed by atoms with Gasteiger partial charge in [0.25, 0.3) is 5.56 Å². The second-order valence-corrected chi connectivity index (χ2v) is 9.24. The Bertz CT molecular complexity index is 1590. The normalized spacial score (nSPS) is 14.5. The molecule has 0 amide bonds. The highest BCUT2D eigenvalue weighted by Gasteiger charge is 2.31. The summed E-state index contributed by atoms with van der Waals surface area (Å²) < 4.78 is 29.7. The number of nitrogens with zero attached hydrogens (tertiary/aromatic N) is 2. The first-order chi connectivity index (χ1) is 19.0. The van der Waals surface area contributed by atoms with Crippen LogP contribution in [0.3, 0.4) is 0 Å². The average molecular weight is 551 g/mol. The van der Waals surface area contributed by atoms with Crippen molar-refractivity contribution in [1.82, 2.24) is 4.57 Å². The number of aromatic nitrogens is 1. The molecule has 204 valence electrons. The molecule has 0 aliphatic carbocycles. The zero-order chi connectivity index (χ0) is 27.9. The SMILES string of the molecule is C=CCOc1c(/C=c2/sc3n(c2=O)[C@@H](c2ccc(OCC)c(OCC)c2)C(C(=O)OC)=CN=3)cccc1OC. The van der Waals surface area contributed by atoms with Crippen LogP contribution >= 0.6 is 11.3 Å². The lowest BCUT2D eigenvalue weighted by Crippen LogP contribution is -2.39. The Morgan fingerprint density at radius 2 is 1.85 bits per heavy atom. The van der Waals surface area contributed by atoms with Gasteiger partial charge in [-0.15, -0.1) is 0 Å². The van der Waals surface area contributed by atoms with Gasteiger partial charge >= 0.3 is 5.97 Å². The third kappa shape index (κ3) is 5.61. The van der Waals surface area contributed by atoms with E-state index >= 15 is 0 Å². The van der Waals surface area contributed by atoms with E-state index < -0.39 is 12.0 Å². The van der Waals surface area contributed by atoms with Crippen LogP contribution in [0.2, 0.25) is 0 Å². The topological polar surface area (TPSA) is 97.6 Å². The molecule has 9 nitrogen and oxygen atoms in total. The number of para-hydroxylation sites is 1. The number of carbonyl (C=O) groups is 1. The van der Waals surface area contributed by atoms with Crippen LogP contribution < -0.4 is 33.8 Å². The van der Waals surface area contributed by atoms with E-state index in [9.17, 15) is 9.59 Å². The second-order valence-electron chi connectivity index (χ2n) is 8.23. The Kier molecular flexibility index (Phi) is 8.88. The first-order valence-corrected chi connectivity index (χ1v) is 13.2. The summed E-state index contributed by atoms with van der Waals surface area (Å²) in [5.41, 5.74) is 1.21. The van der Waals surface area contributed by atoms with E-state index in [0.29, 0.717) is 56.7 Å². The summed E-state index contributed by atoms with van der Waals surface area (Å²) in [4.78, 5) is 31.5. The number of hydrogen-bond acceptors (Lipinski definition) is 9. The number of ether oxygens (including phenoxy) is 5. The van der Waals surface area contributed by atoms with Crippen LogP contribution in [0.15, 0.2) is 70.6 Å². The first kappa shape index (κ1) is 27.7. The molecule has 0 bridgehead atoms. The van der Waals surface area contributed by atoms with Crippen molar-refractivity contribution in [2.45, 2.75) is 19.9 Å². The molecule has 0 saturated heterocycles. The number of hydrogen-bond donors (Lipinski definition) is 0. The molecule has 0 unspecified atom stereocenters. The molecule has 3 aromatic rings. The number of methoxy groups -OCH3 is 2. The standard InChI is InChI=1S/C29H30N2O7S/c1-6-14-38-26-19(10-9-11-22(26)34-4)16-24-27(32)31-25(20(28(33)35-5)17-30-29(31)39-24)18-12-13-21(36-7-2)23(15-18)37-8-3/h6,9-13,15-17,25H,1,7-8,14H2,2-5H3/b24-16+/t25-/m0/s1. The van der Waals surface area contributed by atoms with Gasteiger partial charge in [-0.2, -0.15) is 0 Å². The van der Waals surface area contributed by atoms with Gasteiger partial charge in [0.05, 0.1) is 43.6 Å². The third-order valence-corrected chi connectivity index (χ3v) is 6.87. The molecular weight excluding hydrogens is 520 g/mol. The van der Waals surface area contributed by atoms with Gasteiger partial charge in [0.2, 0.25) is 0 Å². The van der Waals surface area contributed by atoms with Gasteiger partial charge in [0.1, 0.15) is 6.61 Å². The van der Waals surface area contributed by atoms with Crippen LogP contribution in [-0.4, -0.2) is 44.6 Å². The molecule has 2 heterocycles. The minimum Gasteiger partial charge on any atom is -0.493 e. The minimum absolute atomic E-state index is 0.222. The predicted octanol–water partition coefficient (Wildman–Crippen LogP) is 3.39. The van der Waals surface area contributed by atoms with E-state index in [0.717, 1.165) is 0 Å². The van der Waals surface area contributed by atoms with Crippen LogP contribution in [-0.2, 0) is 9.53 Å². The molecule has 1 aromatic heterocycles. The van der Waals surface area contributed by atoms with E-state index in [2.05, 4.69) is 11.6 Å². The average Bonchev–Trinajstić information content (AvgIpc) is 3.27. The smallest absolute Gasteiger partial charge is 0.337 e. The highest BCUT2D eigenvalue weighted by Crippen LogP contribution is 2.35. The van der Waals surface area contributed by atoms with Crippen LogP contribution in [0.4, 0.5) is 0 Å². The summed E-state index contributed by atoms with van der Waals surface area (Å²) in [6.45, 7) is 8.61. The number of thiazole rings is 1. The Balaban J connectivity index is 1.91. The maximum atomic E-state index is 13.9. The van der Waals surface area contributed by atoms with Crippen molar-refractivity contribution in [3.05, 3.63) is 91.6 Å². The zero-order valence-electron chi connectivity index (χ0n) is 22.3. The van der Waals surface area contributed by atoms with E-state index in [1.807, 2.05) is 26.0 Å². The summed E-state index contributed by atoms with van der Waals surface area (Å²) in [5.74, 6) is 1.52. The molecule has 1 aliphatic heterocycles. The fourth-order valence-electron chi connectivity index (χ4n) is 4.23. The van der Waals surface area contributed by atoms with E-state index in [-0.39, 0.29) is 17.7 Å². The molecule has 0 N–H and O–H groups in total. The Morgan fingerprint density at radius 1 is 1.08 bits per heavy atom. The van der Waals surface area contributed by atoms with Crippen molar-refractivity contribution in [3.63, 3.8) is 0 Å². The van der Waals surface area contributed by atoms with Gasteiger partial charge in [0.15, 0.2) is 27.8 Å². The number of esters is 1. The molecule has 39 heavy (non-hydrogen) atoms.